The summed E-state index contributed by atoms with van der Waals surface area (Å²) in [4.78, 5) is 15.2. The second-order valence-electron chi connectivity index (χ2n) is 4.72. The first-order valence-electron chi connectivity index (χ1n) is 6.03. The van der Waals surface area contributed by atoms with Crippen molar-refractivity contribution in [3.8, 4) is 5.69 Å². The number of carboxylic acid groups (broad SMARTS) is 1. The second-order valence-corrected chi connectivity index (χ2v) is 5.15. The number of aromatic nitrogens is 3. The predicted molar refractivity (Wildman–Crippen MR) is 70.0 cm³/mol. The van der Waals surface area contributed by atoms with Gasteiger partial charge in [-0.15, -0.1) is 5.10 Å². The Morgan fingerprint density at radius 1 is 1.47 bits per heavy atom. The minimum atomic E-state index is -1.11. The van der Waals surface area contributed by atoms with Gasteiger partial charge in [-0.05, 0) is 37.5 Å². The molecule has 0 spiro atoms. The first kappa shape index (κ1) is 12.2. The first-order chi connectivity index (χ1) is 9.06. The number of benzene rings is 1. The molecule has 0 amide bonds. The van der Waals surface area contributed by atoms with Crippen LogP contribution in [0.1, 0.15) is 40.8 Å². The van der Waals surface area contributed by atoms with E-state index in [1.165, 1.54) is 0 Å². The average molecular weight is 278 g/mol. The molecule has 1 saturated carbocycles. The molecule has 1 heterocycles. The van der Waals surface area contributed by atoms with Crippen molar-refractivity contribution in [2.24, 2.45) is 0 Å². The lowest BCUT2D eigenvalue weighted by molar-refractivity contribution is 0.0683. The van der Waals surface area contributed by atoms with Gasteiger partial charge < -0.3 is 5.11 Å². The second kappa shape index (κ2) is 4.35. The van der Waals surface area contributed by atoms with Gasteiger partial charge in [-0.1, -0.05) is 17.7 Å². The summed E-state index contributed by atoms with van der Waals surface area (Å²) in [7, 11) is 0. The summed E-state index contributed by atoms with van der Waals surface area (Å²) in [5, 5.41) is 13.7. The molecular formula is C13H12ClN3O2. The molecule has 1 aliphatic carbocycles. The highest BCUT2D eigenvalue weighted by Gasteiger charge is 2.31. The van der Waals surface area contributed by atoms with Gasteiger partial charge in [0.25, 0.3) is 5.82 Å². The summed E-state index contributed by atoms with van der Waals surface area (Å²) in [5.74, 6) is -0.261. The number of nitrogens with zero attached hydrogens (tertiary/aromatic N) is 3. The molecule has 1 aromatic carbocycles. The molecule has 1 aliphatic rings. The van der Waals surface area contributed by atoms with Crippen molar-refractivity contribution >= 4 is 17.6 Å². The molecule has 6 heteroatoms. The lowest BCUT2D eigenvalue weighted by atomic mass is 10.2. The third-order valence-electron chi connectivity index (χ3n) is 3.17. The number of aromatic carboxylic acids is 1. The van der Waals surface area contributed by atoms with Crippen LogP contribution in [0.4, 0.5) is 0 Å². The molecule has 0 unspecified atom stereocenters. The largest absolute Gasteiger partial charge is 0.475 e. The van der Waals surface area contributed by atoms with E-state index in [1.807, 2.05) is 13.0 Å². The van der Waals surface area contributed by atoms with Crippen LogP contribution in [0.25, 0.3) is 5.69 Å². The SMILES string of the molecule is Cc1ccc(Cl)cc1-n1nc(C(=O)O)nc1C1CC1. The zero-order chi connectivity index (χ0) is 13.6. The molecule has 1 N–H and O–H groups in total. The highest BCUT2D eigenvalue weighted by Crippen LogP contribution is 2.40. The zero-order valence-electron chi connectivity index (χ0n) is 10.3. The summed E-state index contributed by atoms with van der Waals surface area (Å²) in [6.45, 7) is 1.93. The topological polar surface area (TPSA) is 68.0 Å². The molecule has 0 bridgehead atoms. The monoisotopic (exact) mass is 277 g/mol. The summed E-state index contributed by atoms with van der Waals surface area (Å²) in [6, 6.07) is 5.46. The number of aryl methyl sites for hydroxylation is 1. The predicted octanol–water partition coefficient (Wildman–Crippen LogP) is 2.80. The van der Waals surface area contributed by atoms with E-state index in [4.69, 9.17) is 16.7 Å². The Balaban J connectivity index is 2.17. The molecule has 1 aromatic heterocycles. The van der Waals surface area contributed by atoms with Gasteiger partial charge in [0.05, 0.1) is 5.69 Å². The number of rotatable bonds is 3. The van der Waals surface area contributed by atoms with Crippen molar-refractivity contribution in [3.63, 3.8) is 0 Å². The third-order valence-corrected chi connectivity index (χ3v) is 3.40. The van der Waals surface area contributed by atoms with Gasteiger partial charge in [0.15, 0.2) is 0 Å². The van der Waals surface area contributed by atoms with E-state index in [0.717, 1.165) is 24.1 Å². The molecule has 2 aromatic rings. The maximum Gasteiger partial charge on any atom is 0.375 e. The Bertz CT molecular complexity index is 662. The fraction of sp³-hybridized carbons (Fsp3) is 0.308. The van der Waals surface area contributed by atoms with Gasteiger partial charge >= 0.3 is 5.97 Å². The van der Waals surface area contributed by atoms with Crippen LogP contribution in [-0.2, 0) is 0 Å². The van der Waals surface area contributed by atoms with Crippen LogP contribution in [0.3, 0.4) is 0 Å². The normalized spacial score (nSPS) is 14.6. The van der Waals surface area contributed by atoms with E-state index in [0.29, 0.717) is 16.8 Å². The van der Waals surface area contributed by atoms with Crippen LogP contribution in [0.15, 0.2) is 18.2 Å². The molecule has 0 atom stereocenters. The van der Waals surface area contributed by atoms with E-state index in [1.54, 1.807) is 16.8 Å². The zero-order valence-corrected chi connectivity index (χ0v) is 11.1. The molecule has 5 nitrogen and oxygen atoms in total. The van der Waals surface area contributed by atoms with Crippen LogP contribution < -0.4 is 0 Å². The molecule has 3 rings (SSSR count). The van der Waals surface area contributed by atoms with Crippen molar-refractivity contribution in [1.82, 2.24) is 14.8 Å². The van der Waals surface area contributed by atoms with Crippen LogP contribution in [0.5, 0.6) is 0 Å². The quantitative estimate of drug-likeness (QED) is 0.937. The van der Waals surface area contributed by atoms with Gasteiger partial charge in [0.2, 0.25) is 0 Å². The van der Waals surface area contributed by atoms with Crippen molar-refractivity contribution in [2.75, 3.05) is 0 Å². The third kappa shape index (κ3) is 2.21. The highest BCUT2D eigenvalue weighted by atomic mass is 35.5. The number of carbonyl (C=O) groups is 1. The van der Waals surface area contributed by atoms with E-state index in [2.05, 4.69) is 10.1 Å². The maximum atomic E-state index is 11.0. The van der Waals surface area contributed by atoms with Crippen molar-refractivity contribution in [2.45, 2.75) is 25.7 Å². The van der Waals surface area contributed by atoms with Crippen LogP contribution >= 0.6 is 11.6 Å². The van der Waals surface area contributed by atoms with E-state index in [-0.39, 0.29) is 5.82 Å². The molecule has 0 radical (unpaired) electrons. The summed E-state index contributed by atoms with van der Waals surface area (Å²) in [6.07, 6.45) is 2.05. The Morgan fingerprint density at radius 2 is 2.21 bits per heavy atom. The number of carboxylic acids is 1. The van der Waals surface area contributed by atoms with Gasteiger partial charge in [0.1, 0.15) is 5.82 Å². The Labute approximate surface area is 114 Å². The Hall–Kier alpha value is -1.88. The van der Waals surface area contributed by atoms with E-state index < -0.39 is 5.97 Å². The van der Waals surface area contributed by atoms with E-state index in [9.17, 15) is 4.79 Å². The lowest BCUT2D eigenvalue weighted by Crippen LogP contribution is -2.05. The summed E-state index contributed by atoms with van der Waals surface area (Å²) >= 11 is 6.01. The van der Waals surface area contributed by atoms with Crippen LogP contribution in [-0.4, -0.2) is 25.8 Å². The minimum absolute atomic E-state index is 0.165. The fourth-order valence-corrected chi connectivity index (χ4v) is 2.17. The smallest absolute Gasteiger partial charge is 0.375 e. The van der Waals surface area contributed by atoms with Gasteiger partial charge in [-0.2, -0.15) is 0 Å². The highest BCUT2D eigenvalue weighted by molar-refractivity contribution is 6.30. The van der Waals surface area contributed by atoms with Gasteiger partial charge in [0, 0.05) is 10.9 Å². The minimum Gasteiger partial charge on any atom is -0.475 e. The molecule has 98 valence electrons. The average Bonchev–Trinajstić information content (AvgIpc) is 3.11. The maximum absolute atomic E-state index is 11.0. The molecule has 0 saturated heterocycles. The van der Waals surface area contributed by atoms with Crippen molar-refractivity contribution < 1.29 is 9.90 Å². The Kier molecular flexibility index (Phi) is 2.78. The standard InChI is InChI=1S/C13H12ClN3O2/c1-7-2-5-9(14)6-10(7)17-12(8-3-4-8)15-11(16-17)13(18)19/h2,5-6,8H,3-4H2,1H3,(H,18,19). The van der Waals surface area contributed by atoms with Crippen LogP contribution in [0.2, 0.25) is 5.02 Å². The summed E-state index contributed by atoms with van der Waals surface area (Å²) in [5.41, 5.74) is 1.77. The number of hydrogen-bond donors (Lipinski definition) is 1. The number of hydrogen-bond acceptors (Lipinski definition) is 3. The van der Waals surface area contributed by atoms with Gasteiger partial charge in [-0.3, -0.25) is 0 Å². The molecule has 1 fully saturated rings. The van der Waals surface area contributed by atoms with Crippen molar-refractivity contribution in [3.05, 3.63) is 40.4 Å². The van der Waals surface area contributed by atoms with E-state index >= 15 is 0 Å². The molecule has 0 aliphatic heterocycles. The first-order valence-corrected chi connectivity index (χ1v) is 6.41. The van der Waals surface area contributed by atoms with Gasteiger partial charge in [-0.25, -0.2) is 14.5 Å². The number of halogens is 1. The Morgan fingerprint density at radius 3 is 2.84 bits per heavy atom. The molecular weight excluding hydrogens is 266 g/mol. The molecule has 19 heavy (non-hydrogen) atoms. The lowest BCUT2D eigenvalue weighted by Gasteiger charge is -2.08. The fourth-order valence-electron chi connectivity index (χ4n) is 2.01. The summed E-state index contributed by atoms with van der Waals surface area (Å²) < 4.78 is 1.61. The van der Waals surface area contributed by atoms with Crippen molar-refractivity contribution in [1.29, 1.82) is 0 Å². The van der Waals surface area contributed by atoms with Crippen LogP contribution in [0, 0.1) is 6.92 Å².